The molecule has 1 aromatic carbocycles. The standard InChI is InChI=1S/C18H26N2O3/c1-20(13-14-8-10-16(23-2)11-9-14)17(21)12-19-18(22)15-6-4-3-5-7-15/h8-11,15H,3-7,12-13H2,1-2H3,(H,19,22). The highest BCUT2D eigenvalue weighted by atomic mass is 16.5. The van der Waals surface area contributed by atoms with Gasteiger partial charge in [0.25, 0.3) is 0 Å². The van der Waals surface area contributed by atoms with Crippen molar-refractivity contribution in [3.8, 4) is 5.75 Å². The van der Waals surface area contributed by atoms with Crippen molar-refractivity contribution in [3.63, 3.8) is 0 Å². The van der Waals surface area contributed by atoms with Gasteiger partial charge in [-0.25, -0.2) is 0 Å². The van der Waals surface area contributed by atoms with Crippen LogP contribution in [0.15, 0.2) is 24.3 Å². The molecular formula is C18H26N2O3. The predicted octanol–water partition coefficient (Wildman–Crippen LogP) is 2.35. The molecule has 2 rings (SSSR count). The fraction of sp³-hybridized carbons (Fsp3) is 0.556. The Kier molecular flexibility index (Phi) is 6.44. The number of carbonyl (C=O) groups excluding carboxylic acids is 2. The minimum atomic E-state index is -0.0787. The summed E-state index contributed by atoms with van der Waals surface area (Å²) >= 11 is 0. The first kappa shape index (κ1) is 17.3. The molecule has 0 bridgehead atoms. The SMILES string of the molecule is COc1ccc(CN(C)C(=O)CNC(=O)C2CCCCC2)cc1. The second-order valence-electron chi connectivity index (χ2n) is 6.15. The number of rotatable bonds is 6. The van der Waals surface area contributed by atoms with Crippen molar-refractivity contribution in [2.45, 2.75) is 38.6 Å². The van der Waals surface area contributed by atoms with E-state index in [0.717, 1.165) is 37.0 Å². The second-order valence-corrected chi connectivity index (χ2v) is 6.15. The van der Waals surface area contributed by atoms with Crippen molar-refractivity contribution in [3.05, 3.63) is 29.8 Å². The molecule has 126 valence electrons. The maximum absolute atomic E-state index is 12.1. The molecule has 23 heavy (non-hydrogen) atoms. The monoisotopic (exact) mass is 318 g/mol. The first-order valence-electron chi connectivity index (χ1n) is 8.24. The number of benzene rings is 1. The van der Waals surface area contributed by atoms with E-state index in [1.165, 1.54) is 6.42 Å². The summed E-state index contributed by atoms with van der Waals surface area (Å²) in [5, 5.41) is 2.79. The molecule has 5 nitrogen and oxygen atoms in total. The van der Waals surface area contributed by atoms with Gasteiger partial charge in [-0.05, 0) is 30.5 Å². The van der Waals surface area contributed by atoms with Crippen molar-refractivity contribution in [2.24, 2.45) is 5.92 Å². The lowest BCUT2D eigenvalue weighted by Gasteiger charge is -2.22. The number of likely N-dealkylation sites (N-methyl/N-ethyl adjacent to an activating group) is 1. The predicted molar refractivity (Wildman–Crippen MR) is 89.1 cm³/mol. The molecule has 1 aliphatic carbocycles. The Morgan fingerprint density at radius 2 is 1.83 bits per heavy atom. The van der Waals surface area contributed by atoms with Crippen LogP contribution in [0.4, 0.5) is 0 Å². The van der Waals surface area contributed by atoms with E-state index in [1.807, 2.05) is 24.3 Å². The van der Waals surface area contributed by atoms with E-state index < -0.39 is 0 Å². The summed E-state index contributed by atoms with van der Waals surface area (Å²) in [5.74, 6) is 0.826. The van der Waals surface area contributed by atoms with E-state index in [0.29, 0.717) is 6.54 Å². The Labute approximate surface area is 138 Å². The van der Waals surface area contributed by atoms with Gasteiger partial charge < -0.3 is 15.0 Å². The van der Waals surface area contributed by atoms with Gasteiger partial charge >= 0.3 is 0 Å². The minimum absolute atomic E-state index is 0.0240. The van der Waals surface area contributed by atoms with Crippen LogP contribution >= 0.6 is 0 Å². The van der Waals surface area contributed by atoms with Gasteiger partial charge in [-0.15, -0.1) is 0 Å². The smallest absolute Gasteiger partial charge is 0.242 e. The van der Waals surface area contributed by atoms with Gasteiger partial charge in [-0.3, -0.25) is 9.59 Å². The van der Waals surface area contributed by atoms with Crippen LogP contribution in [0, 0.1) is 5.92 Å². The molecule has 1 saturated carbocycles. The van der Waals surface area contributed by atoms with Gasteiger partial charge in [-0.1, -0.05) is 31.4 Å². The maximum atomic E-state index is 12.1. The molecule has 2 amide bonds. The highest BCUT2D eigenvalue weighted by molar-refractivity contribution is 5.85. The van der Waals surface area contributed by atoms with Crippen molar-refractivity contribution < 1.29 is 14.3 Å². The van der Waals surface area contributed by atoms with Crippen molar-refractivity contribution in [2.75, 3.05) is 20.7 Å². The first-order chi connectivity index (χ1) is 11.1. The second kappa shape index (κ2) is 8.56. The third-order valence-corrected chi connectivity index (χ3v) is 4.39. The number of nitrogens with one attached hydrogen (secondary N) is 1. The Balaban J connectivity index is 1.76. The zero-order valence-corrected chi connectivity index (χ0v) is 14.0. The molecule has 0 saturated heterocycles. The van der Waals surface area contributed by atoms with Crippen LogP contribution in [-0.4, -0.2) is 37.4 Å². The van der Waals surface area contributed by atoms with E-state index in [9.17, 15) is 9.59 Å². The van der Waals surface area contributed by atoms with Gasteiger partial charge in [-0.2, -0.15) is 0 Å². The molecule has 0 heterocycles. The number of hydrogen-bond donors (Lipinski definition) is 1. The summed E-state index contributed by atoms with van der Waals surface area (Å²) in [6.07, 6.45) is 5.34. The van der Waals surface area contributed by atoms with Crippen LogP contribution in [0.25, 0.3) is 0 Å². The zero-order valence-electron chi connectivity index (χ0n) is 14.0. The third kappa shape index (κ3) is 5.27. The number of methoxy groups -OCH3 is 1. The number of hydrogen-bond acceptors (Lipinski definition) is 3. The van der Waals surface area contributed by atoms with Gasteiger partial charge in [0.1, 0.15) is 5.75 Å². The lowest BCUT2D eigenvalue weighted by atomic mass is 9.89. The molecule has 0 unspecified atom stereocenters. The Morgan fingerprint density at radius 1 is 1.17 bits per heavy atom. The fourth-order valence-corrected chi connectivity index (χ4v) is 2.90. The Morgan fingerprint density at radius 3 is 2.43 bits per heavy atom. The first-order valence-corrected chi connectivity index (χ1v) is 8.24. The number of ether oxygens (including phenoxy) is 1. The number of nitrogens with zero attached hydrogens (tertiary/aromatic N) is 1. The lowest BCUT2D eigenvalue weighted by molar-refractivity contribution is -0.133. The van der Waals surface area contributed by atoms with E-state index in [-0.39, 0.29) is 24.3 Å². The molecule has 1 fully saturated rings. The average Bonchev–Trinajstić information content (AvgIpc) is 2.60. The van der Waals surface area contributed by atoms with Crippen LogP contribution in [0.1, 0.15) is 37.7 Å². The van der Waals surface area contributed by atoms with Crippen molar-refractivity contribution in [1.82, 2.24) is 10.2 Å². The molecule has 5 heteroatoms. The van der Waals surface area contributed by atoms with Gasteiger partial charge in [0.05, 0.1) is 13.7 Å². The topological polar surface area (TPSA) is 58.6 Å². The summed E-state index contributed by atoms with van der Waals surface area (Å²) in [5.41, 5.74) is 1.03. The largest absolute Gasteiger partial charge is 0.497 e. The van der Waals surface area contributed by atoms with Crippen LogP contribution in [-0.2, 0) is 16.1 Å². The molecule has 1 N–H and O–H groups in total. The van der Waals surface area contributed by atoms with Crippen LogP contribution < -0.4 is 10.1 Å². The van der Waals surface area contributed by atoms with Crippen LogP contribution in [0.2, 0.25) is 0 Å². The van der Waals surface area contributed by atoms with Crippen LogP contribution in [0.5, 0.6) is 5.75 Å². The van der Waals surface area contributed by atoms with E-state index in [2.05, 4.69) is 5.32 Å². The summed E-state index contributed by atoms with van der Waals surface area (Å²) in [6.45, 7) is 0.587. The Bertz CT molecular complexity index is 522. The van der Waals surface area contributed by atoms with Crippen molar-refractivity contribution in [1.29, 1.82) is 0 Å². The quantitative estimate of drug-likeness (QED) is 0.876. The number of amides is 2. The Hall–Kier alpha value is -2.04. The molecule has 0 aliphatic heterocycles. The molecule has 0 radical (unpaired) electrons. The molecule has 1 aromatic rings. The highest BCUT2D eigenvalue weighted by Gasteiger charge is 2.21. The summed E-state index contributed by atoms with van der Waals surface area (Å²) in [4.78, 5) is 25.8. The van der Waals surface area contributed by atoms with Crippen LogP contribution in [0.3, 0.4) is 0 Å². The van der Waals surface area contributed by atoms with E-state index >= 15 is 0 Å². The average molecular weight is 318 g/mol. The fourth-order valence-electron chi connectivity index (χ4n) is 2.90. The molecule has 0 spiro atoms. The lowest BCUT2D eigenvalue weighted by Crippen LogP contribution is -2.40. The molecule has 1 aliphatic rings. The highest BCUT2D eigenvalue weighted by Crippen LogP contribution is 2.23. The normalized spacial score (nSPS) is 15.0. The maximum Gasteiger partial charge on any atom is 0.242 e. The minimum Gasteiger partial charge on any atom is -0.497 e. The van der Waals surface area contributed by atoms with Gasteiger partial charge in [0, 0.05) is 19.5 Å². The molecule has 0 atom stereocenters. The third-order valence-electron chi connectivity index (χ3n) is 4.39. The number of carbonyl (C=O) groups is 2. The molecular weight excluding hydrogens is 292 g/mol. The summed E-state index contributed by atoms with van der Waals surface area (Å²) in [7, 11) is 3.37. The zero-order chi connectivity index (χ0) is 16.7. The van der Waals surface area contributed by atoms with Gasteiger partial charge in [0.2, 0.25) is 11.8 Å². The van der Waals surface area contributed by atoms with Gasteiger partial charge in [0.15, 0.2) is 0 Å². The van der Waals surface area contributed by atoms with E-state index in [1.54, 1.807) is 19.1 Å². The summed E-state index contributed by atoms with van der Waals surface area (Å²) in [6, 6.07) is 7.61. The summed E-state index contributed by atoms with van der Waals surface area (Å²) < 4.78 is 5.12. The van der Waals surface area contributed by atoms with Crippen molar-refractivity contribution >= 4 is 11.8 Å². The molecule has 0 aromatic heterocycles. The van der Waals surface area contributed by atoms with E-state index in [4.69, 9.17) is 4.74 Å².